The van der Waals surface area contributed by atoms with Crippen LogP contribution in [0.1, 0.15) is 16.7 Å². The number of thioether (sulfide) groups is 1. The number of carbonyl (C=O) groups is 2. The molecule has 7 nitrogen and oxygen atoms in total. The molecule has 2 rings (SSSR count). The van der Waals surface area contributed by atoms with E-state index >= 15 is 0 Å². The van der Waals surface area contributed by atoms with Gasteiger partial charge in [0.25, 0.3) is 0 Å². The van der Waals surface area contributed by atoms with Crippen LogP contribution in [-0.2, 0) is 0 Å². The molecule has 9 heteroatoms. The van der Waals surface area contributed by atoms with Gasteiger partial charge in [0.05, 0.1) is 24.2 Å². The van der Waals surface area contributed by atoms with Crippen molar-refractivity contribution in [2.75, 3.05) is 27.4 Å². The molecule has 31 heavy (non-hydrogen) atoms. The van der Waals surface area contributed by atoms with E-state index in [2.05, 4.69) is 4.99 Å². The molecule has 0 aromatic heterocycles. The van der Waals surface area contributed by atoms with Crippen molar-refractivity contribution in [1.82, 2.24) is 13.5 Å². The molecule has 0 unspecified atom stereocenters. The van der Waals surface area contributed by atoms with Crippen LogP contribution in [0, 0.1) is 20.8 Å². The summed E-state index contributed by atoms with van der Waals surface area (Å²) in [5, 5.41) is 0. The van der Waals surface area contributed by atoms with Gasteiger partial charge in [-0.15, -0.1) is 11.8 Å². The highest BCUT2D eigenvalue weighted by atomic mass is 32.2. The van der Waals surface area contributed by atoms with Gasteiger partial charge in [-0.1, -0.05) is 17.7 Å². The van der Waals surface area contributed by atoms with Crippen LogP contribution < -0.4 is 4.74 Å². The average Bonchev–Trinajstić information content (AvgIpc) is 2.72. The first kappa shape index (κ1) is 24.6. The van der Waals surface area contributed by atoms with E-state index in [0.29, 0.717) is 5.75 Å². The Morgan fingerprint density at radius 2 is 1.68 bits per heavy atom. The molecule has 0 aliphatic rings. The minimum Gasteiger partial charge on any atom is -0.410 e. The SMILES string of the molecule is CSc1ccc(OC(=O)N(C)SN(C)C(=O)N(C)C=Nc2ccc(C)cc2C)cc1C. The maximum atomic E-state index is 12.6. The molecular formula is C22H28N4O3S2. The zero-order chi connectivity index (χ0) is 23.1. The van der Waals surface area contributed by atoms with Gasteiger partial charge in [-0.05, 0) is 62.4 Å². The van der Waals surface area contributed by atoms with Gasteiger partial charge in [0, 0.05) is 26.0 Å². The number of aryl methyl sites for hydroxylation is 3. The smallest absolute Gasteiger partial charge is 0.410 e. The molecule has 166 valence electrons. The first-order chi connectivity index (χ1) is 14.6. The lowest BCUT2D eigenvalue weighted by Crippen LogP contribution is -2.37. The monoisotopic (exact) mass is 460 g/mol. The van der Waals surface area contributed by atoms with Crippen LogP contribution in [0.3, 0.4) is 0 Å². The van der Waals surface area contributed by atoms with Gasteiger partial charge in [0.15, 0.2) is 0 Å². The summed E-state index contributed by atoms with van der Waals surface area (Å²) in [6.07, 6.45) is 2.88. The van der Waals surface area contributed by atoms with Crippen molar-refractivity contribution < 1.29 is 14.3 Å². The van der Waals surface area contributed by atoms with Crippen molar-refractivity contribution in [2.24, 2.45) is 4.99 Å². The van der Waals surface area contributed by atoms with Crippen molar-refractivity contribution >= 4 is 48.0 Å². The third-order valence-corrected chi connectivity index (χ3v) is 6.06. The first-order valence-corrected chi connectivity index (χ1v) is 11.5. The van der Waals surface area contributed by atoms with Crippen LogP contribution in [0.2, 0.25) is 0 Å². The van der Waals surface area contributed by atoms with Crippen LogP contribution in [-0.4, -0.2) is 59.4 Å². The van der Waals surface area contributed by atoms with E-state index in [9.17, 15) is 9.59 Å². The summed E-state index contributed by atoms with van der Waals surface area (Å²) in [5.74, 6) is 0.458. The molecule has 0 fully saturated rings. The number of benzene rings is 2. The van der Waals surface area contributed by atoms with Crippen molar-refractivity contribution in [2.45, 2.75) is 25.7 Å². The molecule has 0 aliphatic carbocycles. The number of aliphatic imine (C=N–C) groups is 1. The van der Waals surface area contributed by atoms with Crippen LogP contribution in [0.25, 0.3) is 0 Å². The number of nitrogens with zero attached hydrogens (tertiary/aromatic N) is 4. The van der Waals surface area contributed by atoms with E-state index in [1.54, 1.807) is 39.0 Å². The number of ether oxygens (including phenoxy) is 1. The zero-order valence-electron chi connectivity index (χ0n) is 18.9. The fourth-order valence-corrected chi connectivity index (χ4v) is 3.96. The highest BCUT2D eigenvalue weighted by Crippen LogP contribution is 2.25. The fourth-order valence-electron chi connectivity index (χ4n) is 2.70. The lowest BCUT2D eigenvalue weighted by atomic mass is 10.1. The molecule has 0 N–H and O–H groups in total. The second-order valence-corrected chi connectivity index (χ2v) is 9.11. The molecule has 2 aromatic rings. The Morgan fingerprint density at radius 3 is 2.29 bits per heavy atom. The van der Waals surface area contributed by atoms with Crippen molar-refractivity contribution in [3.63, 3.8) is 0 Å². The molecule has 0 saturated heterocycles. The van der Waals surface area contributed by atoms with Gasteiger partial charge in [0.1, 0.15) is 5.75 Å². The van der Waals surface area contributed by atoms with Gasteiger partial charge >= 0.3 is 12.1 Å². The predicted molar refractivity (Wildman–Crippen MR) is 129 cm³/mol. The second-order valence-electron chi connectivity index (χ2n) is 7.00. The van der Waals surface area contributed by atoms with Gasteiger partial charge in [-0.25, -0.2) is 18.9 Å². The molecular weight excluding hydrogens is 432 g/mol. The summed E-state index contributed by atoms with van der Waals surface area (Å²) in [5.41, 5.74) is 4.01. The highest BCUT2D eigenvalue weighted by Gasteiger charge is 2.20. The molecule has 3 amide bonds. The second kappa shape index (κ2) is 11.1. The number of rotatable bonds is 6. The molecule has 0 heterocycles. The molecule has 0 saturated carbocycles. The van der Waals surface area contributed by atoms with E-state index in [1.165, 1.54) is 19.8 Å². The van der Waals surface area contributed by atoms with Crippen LogP contribution in [0.15, 0.2) is 46.3 Å². The van der Waals surface area contributed by atoms with E-state index in [0.717, 1.165) is 39.4 Å². The number of carbonyl (C=O) groups excluding carboxylic acids is 2. The minimum absolute atomic E-state index is 0.335. The summed E-state index contributed by atoms with van der Waals surface area (Å²) in [6, 6.07) is 11.1. The Morgan fingerprint density at radius 1 is 0.968 bits per heavy atom. The van der Waals surface area contributed by atoms with Crippen LogP contribution in [0.4, 0.5) is 15.3 Å². The minimum atomic E-state index is -0.576. The molecule has 0 atom stereocenters. The van der Waals surface area contributed by atoms with Gasteiger partial charge in [0.2, 0.25) is 0 Å². The Bertz CT molecular complexity index is 981. The Kier molecular flexibility index (Phi) is 8.82. The average molecular weight is 461 g/mol. The summed E-state index contributed by atoms with van der Waals surface area (Å²) in [4.78, 5) is 31.8. The Labute approximate surface area is 192 Å². The number of hydrogen-bond acceptors (Lipinski definition) is 6. The summed E-state index contributed by atoms with van der Waals surface area (Å²) >= 11 is 2.57. The molecule has 0 spiro atoms. The van der Waals surface area contributed by atoms with Crippen LogP contribution in [0.5, 0.6) is 5.75 Å². The van der Waals surface area contributed by atoms with Gasteiger partial charge < -0.3 is 4.74 Å². The largest absolute Gasteiger partial charge is 0.426 e. The van der Waals surface area contributed by atoms with Crippen molar-refractivity contribution in [3.05, 3.63) is 53.1 Å². The van der Waals surface area contributed by atoms with Gasteiger partial charge in [-0.2, -0.15) is 0 Å². The third kappa shape index (κ3) is 6.93. The first-order valence-electron chi connectivity index (χ1n) is 9.52. The summed E-state index contributed by atoms with van der Waals surface area (Å²) < 4.78 is 7.99. The van der Waals surface area contributed by atoms with Gasteiger partial charge in [-0.3, -0.25) is 9.21 Å². The van der Waals surface area contributed by atoms with Crippen molar-refractivity contribution in [3.8, 4) is 5.75 Å². The maximum absolute atomic E-state index is 12.6. The maximum Gasteiger partial charge on any atom is 0.426 e. The standard InChI is InChI=1S/C22H28N4O3S2/c1-15-8-10-19(16(2)12-15)23-14-24(4)21(27)25(5)31-26(6)22(28)29-18-9-11-20(30-7)17(3)13-18/h8-14H,1-7H3. The van der Waals surface area contributed by atoms with Crippen LogP contribution >= 0.6 is 23.9 Å². The van der Waals surface area contributed by atoms with Crippen molar-refractivity contribution in [1.29, 1.82) is 0 Å². The Balaban J connectivity index is 1.93. The number of amides is 3. The van der Waals surface area contributed by atoms with E-state index < -0.39 is 6.09 Å². The molecule has 0 bridgehead atoms. The highest BCUT2D eigenvalue weighted by molar-refractivity contribution is 7.98. The molecule has 2 aromatic carbocycles. The topological polar surface area (TPSA) is 65.5 Å². The fraction of sp³-hybridized carbons (Fsp3) is 0.318. The van der Waals surface area contributed by atoms with E-state index in [-0.39, 0.29) is 6.03 Å². The number of urea groups is 1. The lowest BCUT2D eigenvalue weighted by Gasteiger charge is -2.24. The normalized spacial score (nSPS) is 10.8. The summed E-state index contributed by atoms with van der Waals surface area (Å²) in [6.45, 7) is 5.95. The lowest BCUT2D eigenvalue weighted by molar-refractivity contribution is 0.186. The Hall–Kier alpha value is -2.65. The third-order valence-electron chi connectivity index (χ3n) is 4.37. The quantitative estimate of drug-likeness (QED) is 0.240. The van der Waals surface area contributed by atoms with E-state index in [1.807, 2.05) is 57.4 Å². The molecule has 0 radical (unpaired) electrons. The molecule has 0 aliphatic heterocycles. The number of hydrogen-bond donors (Lipinski definition) is 0. The summed E-state index contributed by atoms with van der Waals surface area (Å²) in [7, 11) is 4.74. The van der Waals surface area contributed by atoms with E-state index in [4.69, 9.17) is 4.74 Å². The zero-order valence-corrected chi connectivity index (χ0v) is 20.5. The predicted octanol–water partition coefficient (Wildman–Crippen LogP) is 5.67.